The van der Waals surface area contributed by atoms with Gasteiger partial charge in [-0.05, 0) is 53.0 Å². The second-order valence-electron chi connectivity index (χ2n) is 6.03. The van der Waals surface area contributed by atoms with Crippen LogP contribution in [0.2, 0.25) is 0 Å². The van der Waals surface area contributed by atoms with Crippen LogP contribution in [0.1, 0.15) is 31.9 Å². The van der Waals surface area contributed by atoms with Crippen LogP contribution in [0.4, 0.5) is 0 Å². The molecule has 1 aliphatic heterocycles. The van der Waals surface area contributed by atoms with Crippen molar-refractivity contribution in [2.24, 2.45) is 10.7 Å². The molecule has 142 valence electrons. The lowest BCUT2D eigenvalue weighted by atomic mass is 10.1. The van der Waals surface area contributed by atoms with Gasteiger partial charge in [-0.3, -0.25) is 4.84 Å². The molecule has 1 aromatic carbocycles. The number of methoxy groups -OCH3 is 1. The molecule has 1 aliphatic rings. The van der Waals surface area contributed by atoms with Crippen LogP contribution in [0, 0.1) is 0 Å². The fourth-order valence-electron chi connectivity index (χ4n) is 2.51. The number of halogens is 1. The number of benzene rings is 1. The van der Waals surface area contributed by atoms with Crippen molar-refractivity contribution in [1.82, 2.24) is 10.4 Å². The molecule has 0 spiro atoms. The molecule has 1 aromatic rings. The maximum Gasteiger partial charge on any atom is 0.127 e. The van der Waals surface area contributed by atoms with Crippen molar-refractivity contribution in [2.45, 2.75) is 32.4 Å². The second kappa shape index (κ2) is 10.5. The number of hydrogen-bond donors (Lipinski definition) is 2. The maximum absolute atomic E-state index is 6.17. The first kappa shape index (κ1) is 20.6. The molecule has 0 aliphatic carbocycles. The Labute approximate surface area is 163 Å². The van der Waals surface area contributed by atoms with Gasteiger partial charge in [-0.1, -0.05) is 19.1 Å². The van der Waals surface area contributed by atoms with Crippen molar-refractivity contribution in [2.75, 3.05) is 20.3 Å². The first-order valence-electron chi connectivity index (χ1n) is 8.70. The average molecular weight is 423 g/mol. The van der Waals surface area contributed by atoms with E-state index < -0.39 is 0 Å². The van der Waals surface area contributed by atoms with E-state index in [1.54, 1.807) is 13.3 Å². The molecule has 0 bridgehead atoms. The molecule has 3 N–H and O–H groups in total. The van der Waals surface area contributed by atoms with E-state index in [1.165, 1.54) is 5.56 Å². The van der Waals surface area contributed by atoms with Gasteiger partial charge in [0.15, 0.2) is 0 Å². The molecule has 0 amide bonds. The molecule has 0 aromatic heterocycles. The van der Waals surface area contributed by atoms with Crippen LogP contribution in [0.15, 0.2) is 51.8 Å². The van der Waals surface area contributed by atoms with Gasteiger partial charge in [0, 0.05) is 19.0 Å². The van der Waals surface area contributed by atoms with Crippen LogP contribution in [-0.2, 0) is 4.84 Å². The number of rotatable bonds is 9. The lowest BCUT2D eigenvalue weighted by molar-refractivity contribution is -0.186. The van der Waals surface area contributed by atoms with Gasteiger partial charge in [0.05, 0.1) is 30.3 Å². The van der Waals surface area contributed by atoms with Gasteiger partial charge < -0.3 is 15.8 Å². The van der Waals surface area contributed by atoms with E-state index in [9.17, 15) is 0 Å². The van der Waals surface area contributed by atoms with Crippen molar-refractivity contribution in [3.05, 3.63) is 52.4 Å². The van der Waals surface area contributed by atoms with Crippen molar-refractivity contribution in [3.8, 4) is 5.75 Å². The lowest BCUT2D eigenvalue weighted by Gasteiger charge is -2.29. The summed E-state index contributed by atoms with van der Waals surface area (Å²) in [5.41, 5.74) is 7.34. The van der Waals surface area contributed by atoms with Gasteiger partial charge in [-0.2, -0.15) is 5.06 Å². The molecule has 26 heavy (non-hydrogen) atoms. The molecule has 2 unspecified atom stereocenters. The zero-order chi connectivity index (χ0) is 18.9. The van der Waals surface area contributed by atoms with E-state index in [0.717, 1.165) is 29.0 Å². The number of nitrogens with one attached hydrogen (secondary N) is 1. The van der Waals surface area contributed by atoms with E-state index in [4.69, 9.17) is 15.3 Å². The highest BCUT2D eigenvalue weighted by atomic mass is 79.9. The van der Waals surface area contributed by atoms with E-state index >= 15 is 0 Å². The Hall–Kier alpha value is -1.67. The van der Waals surface area contributed by atoms with Gasteiger partial charge in [-0.15, -0.1) is 0 Å². The Morgan fingerprint density at radius 1 is 1.35 bits per heavy atom. The number of hydrogen-bond acceptors (Lipinski definition) is 6. The van der Waals surface area contributed by atoms with E-state index in [2.05, 4.69) is 52.2 Å². The van der Waals surface area contributed by atoms with E-state index in [0.29, 0.717) is 6.61 Å². The van der Waals surface area contributed by atoms with Crippen LogP contribution in [0.5, 0.6) is 5.75 Å². The standard InChI is InChI=1S/C19H27BrN4O2/c1-4-9-24(14(2)15-5-7-18(25-3)8-6-15)26-13-17(21)10-19-22-11-16(20)12-23-19/h5-8,10-12,14,17,22H,4,9,13,21H2,1-3H3/b19-10+. The summed E-state index contributed by atoms with van der Waals surface area (Å²) >= 11 is 3.35. The number of allylic oxidation sites excluding steroid dienone is 1. The third-order valence-electron chi connectivity index (χ3n) is 3.96. The fraction of sp³-hybridized carbons (Fsp3) is 0.421. The first-order valence-corrected chi connectivity index (χ1v) is 9.50. The maximum atomic E-state index is 6.17. The minimum absolute atomic E-state index is 0.116. The van der Waals surface area contributed by atoms with Gasteiger partial charge in [0.2, 0.25) is 0 Å². The highest BCUT2D eigenvalue weighted by Gasteiger charge is 2.17. The summed E-state index contributed by atoms with van der Waals surface area (Å²) in [7, 11) is 1.67. The first-order chi connectivity index (χ1) is 12.5. The molecule has 7 heteroatoms. The van der Waals surface area contributed by atoms with Crippen LogP contribution >= 0.6 is 15.9 Å². The fourth-order valence-corrected chi connectivity index (χ4v) is 2.73. The highest BCUT2D eigenvalue weighted by molar-refractivity contribution is 9.12. The van der Waals surface area contributed by atoms with Crippen molar-refractivity contribution < 1.29 is 9.57 Å². The summed E-state index contributed by atoms with van der Waals surface area (Å²) in [6.07, 6.45) is 6.39. The molecule has 2 rings (SSSR count). The van der Waals surface area contributed by atoms with Crippen LogP contribution in [-0.4, -0.2) is 37.6 Å². The SMILES string of the molecule is CCCN(OCC(N)/C=C1/N=CC(Br)=CN1)C(C)c1ccc(OC)cc1. The van der Waals surface area contributed by atoms with E-state index in [-0.39, 0.29) is 12.1 Å². The van der Waals surface area contributed by atoms with Gasteiger partial charge >= 0.3 is 0 Å². The number of hydroxylamine groups is 2. The minimum Gasteiger partial charge on any atom is -0.497 e. The van der Waals surface area contributed by atoms with Crippen LogP contribution in [0.3, 0.4) is 0 Å². The normalized spacial score (nSPS) is 17.8. The Morgan fingerprint density at radius 3 is 2.65 bits per heavy atom. The average Bonchev–Trinajstić information content (AvgIpc) is 2.66. The Balaban J connectivity index is 1.94. The Morgan fingerprint density at radius 2 is 2.08 bits per heavy atom. The molecule has 2 atom stereocenters. The second-order valence-corrected chi connectivity index (χ2v) is 6.95. The number of ether oxygens (including phenoxy) is 1. The van der Waals surface area contributed by atoms with Gasteiger partial charge in [0.25, 0.3) is 0 Å². The summed E-state index contributed by atoms with van der Waals surface area (Å²) in [4.78, 5) is 10.3. The van der Waals surface area contributed by atoms with Gasteiger partial charge in [-0.25, -0.2) is 4.99 Å². The molecule has 0 fully saturated rings. The topological polar surface area (TPSA) is 72.1 Å². The van der Waals surface area contributed by atoms with Crippen molar-refractivity contribution in [1.29, 1.82) is 0 Å². The minimum atomic E-state index is -0.262. The monoisotopic (exact) mass is 422 g/mol. The van der Waals surface area contributed by atoms with E-state index in [1.807, 2.05) is 29.5 Å². The highest BCUT2D eigenvalue weighted by Crippen LogP contribution is 2.23. The molecule has 0 radical (unpaired) electrons. The Bertz CT molecular complexity index is 658. The summed E-state index contributed by atoms with van der Waals surface area (Å²) in [5.74, 6) is 1.56. The summed E-state index contributed by atoms with van der Waals surface area (Å²) in [5, 5.41) is 5.05. The predicted molar refractivity (Wildman–Crippen MR) is 109 cm³/mol. The largest absolute Gasteiger partial charge is 0.497 e. The molecule has 1 heterocycles. The van der Waals surface area contributed by atoms with Crippen molar-refractivity contribution >= 4 is 22.1 Å². The van der Waals surface area contributed by atoms with Crippen LogP contribution in [0.25, 0.3) is 0 Å². The summed E-state index contributed by atoms with van der Waals surface area (Å²) < 4.78 is 6.11. The predicted octanol–water partition coefficient (Wildman–Crippen LogP) is 3.48. The smallest absolute Gasteiger partial charge is 0.127 e. The quantitative estimate of drug-likeness (QED) is 0.595. The van der Waals surface area contributed by atoms with Gasteiger partial charge in [0.1, 0.15) is 11.6 Å². The molecule has 0 saturated heterocycles. The lowest BCUT2D eigenvalue weighted by Crippen LogP contribution is -2.34. The van der Waals surface area contributed by atoms with Crippen LogP contribution < -0.4 is 15.8 Å². The van der Waals surface area contributed by atoms with Crippen molar-refractivity contribution in [3.63, 3.8) is 0 Å². The zero-order valence-electron chi connectivity index (χ0n) is 15.5. The number of nitrogens with two attached hydrogens (primary N) is 1. The molecule has 0 saturated carbocycles. The molecular formula is C19H27BrN4O2. The molecule has 6 nitrogen and oxygen atoms in total. The summed E-state index contributed by atoms with van der Waals surface area (Å²) in [6.45, 7) is 5.45. The Kier molecular flexibility index (Phi) is 8.31. The molecular weight excluding hydrogens is 396 g/mol. The number of nitrogens with zero attached hydrogens (tertiary/aromatic N) is 2. The summed E-state index contributed by atoms with van der Waals surface area (Å²) in [6, 6.07) is 7.90. The third-order valence-corrected chi connectivity index (χ3v) is 4.40. The third kappa shape index (κ3) is 6.25. The number of aliphatic imine (C=N–C) groups is 1. The zero-order valence-corrected chi connectivity index (χ0v) is 17.1.